The molecule has 2 rings (SSSR count). The summed E-state index contributed by atoms with van der Waals surface area (Å²) in [6.07, 6.45) is 2.03. The second kappa shape index (κ2) is 8.86. The average molecular weight is 348 g/mol. The molecule has 136 valence electrons. The predicted molar refractivity (Wildman–Crippen MR) is 95.3 cm³/mol. The van der Waals surface area contributed by atoms with E-state index in [1.54, 1.807) is 32.9 Å². The van der Waals surface area contributed by atoms with E-state index in [-0.39, 0.29) is 5.78 Å². The van der Waals surface area contributed by atoms with Gasteiger partial charge in [-0.3, -0.25) is 10.1 Å². The fraction of sp³-hybridized carbons (Fsp3) is 0.389. The number of amides is 2. The van der Waals surface area contributed by atoms with Gasteiger partial charge < -0.3 is 15.6 Å². The minimum atomic E-state index is -1.07. The zero-order valence-electron chi connectivity index (χ0n) is 14.7. The Hall–Kier alpha value is -2.83. The summed E-state index contributed by atoms with van der Waals surface area (Å²) in [5, 5.41) is 10.8. The summed E-state index contributed by atoms with van der Waals surface area (Å²) in [4.78, 5) is 31.5. The first-order valence-electron chi connectivity index (χ1n) is 7.86. The van der Waals surface area contributed by atoms with E-state index < -0.39 is 17.8 Å². The zero-order chi connectivity index (χ0) is 19.0. The average Bonchev–Trinajstić information content (AvgIpc) is 2.46. The molecule has 4 N–H and O–H groups in total. The van der Waals surface area contributed by atoms with Crippen molar-refractivity contribution in [3.05, 3.63) is 35.9 Å². The Bertz CT molecular complexity index is 657. The molecule has 0 saturated carbocycles. The quantitative estimate of drug-likeness (QED) is 0.751. The van der Waals surface area contributed by atoms with Gasteiger partial charge in [-0.25, -0.2) is 9.59 Å². The molecule has 0 bridgehead atoms. The Kier molecular flexibility index (Phi) is 7.17. The highest BCUT2D eigenvalue weighted by atomic mass is 16.6. The number of carbonyl (C=O) groups excluding carboxylic acids is 2. The highest BCUT2D eigenvalue weighted by molar-refractivity contribution is 5.87. The van der Waals surface area contributed by atoms with Gasteiger partial charge in [0.2, 0.25) is 0 Å². The number of carbonyl (C=O) groups is 3. The lowest BCUT2D eigenvalue weighted by molar-refractivity contribution is -0.118. The highest BCUT2D eigenvalue weighted by Gasteiger charge is 2.13. The number of hydrogen-bond acceptors (Lipinski definition) is 4. The number of hydrogen-bond donors (Lipinski definition) is 3. The molecule has 0 aromatic heterocycles. The van der Waals surface area contributed by atoms with Gasteiger partial charge >= 0.3 is 12.2 Å². The summed E-state index contributed by atoms with van der Waals surface area (Å²) < 4.78 is 4.58. The van der Waals surface area contributed by atoms with E-state index in [1.807, 2.05) is 18.2 Å². The number of nitrogens with two attached hydrogens (primary N) is 1. The van der Waals surface area contributed by atoms with Gasteiger partial charge in [0.05, 0.1) is 0 Å². The van der Waals surface area contributed by atoms with Crippen molar-refractivity contribution in [2.24, 2.45) is 5.73 Å². The Morgan fingerprint density at radius 2 is 1.76 bits per heavy atom. The van der Waals surface area contributed by atoms with Crippen LogP contribution in [0, 0.1) is 0 Å². The molecule has 0 saturated heterocycles. The van der Waals surface area contributed by atoms with Gasteiger partial charge in [0.25, 0.3) is 0 Å². The number of allylic oxidation sites excluding steroid dienone is 2. The Balaban J connectivity index is 0.000000333. The van der Waals surface area contributed by atoms with E-state index in [0.29, 0.717) is 18.5 Å². The minimum Gasteiger partial charge on any atom is -0.465 e. The van der Waals surface area contributed by atoms with Crippen LogP contribution in [-0.2, 0) is 9.53 Å². The molecule has 7 nitrogen and oxygen atoms in total. The van der Waals surface area contributed by atoms with Crippen LogP contribution in [0.5, 0.6) is 0 Å². The predicted octanol–water partition coefficient (Wildman–Crippen LogP) is 3.79. The first kappa shape index (κ1) is 20.2. The standard InChI is InChI=1S/C13H13NO3.C5H11NO2/c15-12-7-3-10(4-8-12)9-1-5-11(6-2-9)14-13(16)17;1-5(2,3)8-4(6)7/h1-3,5-6,14H,4,7-8H2,(H,16,17);1-3H3,(H2,6,7). The van der Waals surface area contributed by atoms with Gasteiger partial charge in [-0.1, -0.05) is 18.2 Å². The molecule has 1 aromatic carbocycles. The van der Waals surface area contributed by atoms with Gasteiger partial charge in [-0.15, -0.1) is 0 Å². The number of carboxylic acid groups (broad SMARTS) is 1. The first-order valence-corrected chi connectivity index (χ1v) is 7.86. The van der Waals surface area contributed by atoms with E-state index in [2.05, 4.69) is 10.1 Å². The zero-order valence-corrected chi connectivity index (χ0v) is 14.7. The van der Waals surface area contributed by atoms with E-state index in [4.69, 9.17) is 10.8 Å². The van der Waals surface area contributed by atoms with Crippen LogP contribution in [0.25, 0.3) is 5.57 Å². The molecule has 0 unspecified atom stereocenters. The normalized spacial score (nSPS) is 13.9. The first-order chi connectivity index (χ1) is 11.6. The van der Waals surface area contributed by atoms with Crippen LogP contribution >= 0.6 is 0 Å². The monoisotopic (exact) mass is 348 g/mol. The number of nitrogens with one attached hydrogen (secondary N) is 1. The molecule has 0 spiro atoms. The van der Waals surface area contributed by atoms with Crippen LogP contribution < -0.4 is 11.1 Å². The Morgan fingerprint density at radius 3 is 2.12 bits per heavy atom. The maximum absolute atomic E-state index is 11.1. The van der Waals surface area contributed by atoms with Crippen molar-refractivity contribution in [2.45, 2.75) is 45.6 Å². The van der Waals surface area contributed by atoms with Crippen LogP contribution in [0.2, 0.25) is 0 Å². The number of rotatable bonds is 2. The second-order valence-corrected chi connectivity index (χ2v) is 6.51. The number of ether oxygens (including phenoxy) is 1. The Morgan fingerprint density at radius 1 is 1.16 bits per heavy atom. The number of Topliss-reactive ketones (excluding diaryl/α,β-unsaturated/α-hetero) is 1. The Labute approximate surface area is 146 Å². The lowest BCUT2D eigenvalue weighted by Crippen LogP contribution is -2.27. The van der Waals surface area contributed by atoms with Crippen LogP contribution in [0.15, 0.2) is 30.3 Å². The maximum atomic E-state index is 11.1. The van der Waals surface area contributed by atoms with E-state index in [9.17, 15) is 14.4 Å². The molecule has 0 fully saturated rings. The summed E-state index contributed by atoms with van der Waals surface area (Å²) >= 11 is 0. The van der Waals surface area contributed by atoms with E-state index >= 15 is 0 Å². The molecule has 0 atom stereocenters. The minimum absolute atomic E-state index is 0.276. The van der Waals surface area contributed by atoms with Crippen molar-refractivity contribution in [2.75, 3.05) is 5.32 Å². The van der Waals surface area contributed by atoms with Crippen LogP contribution in [-0.4, -0.2) is 28.7 Å². The highest BCUT2D eigenvalue weighted by Crippen LogP contribution is 2.26. The summed E-state index contributed by atoms with van der Waals surface area (Å²) in [7, 11) is 0. The SMILES string of the molecule is CC(C)(C)OC(N)=O.O=C1CC=C(c2ccc(NC(=O)O)cc2)CC1. The largest absolute Gasteiger partial charge is 0.465 e. The molecule has 0 heterocycles. The second-order valence-electron chi connectivity index (χ2n) is 6.51. The third-order valence-corrected chi connectivity index (χ3v) is 3.16. The molecule has 0 aliphatic heterocycles. The summed E-state index contributed by atoms with van der Waals surface area (Å²) in [6.45, 7) is 5.28. The third-order valence-electron chi connectivity index (χ3n) is 3.16. The van der Waals surface area contributed by atoms with Crippen molar-refractivity contribution < 1.29 is 24.2 Å². The van der Waals surface area contributed by atoms with Gasteiger partial charge in [0, 0.05) is 18.5 Å². The molecule has 0 radical (unpaired) electrons. The summed E-state index contributed by atoms with van der Waals surface area (Å²) in [5.74, 6) is 0.276. The molecule has 1 aliphatic carbocycles. The molecule has 1 aliphatic rings. The topological polar surface area (TPSA) is 119 Å². The molecule has 25 heavy (non-hydrogen) atoms. The van der Waals surface area contributed by atoms with Gasteiger partial charge in [-0.05, 0) is 50.5 Å². The van der Waals surface area contributed by atoms with Crippen molar-refractivity contribution in [1.82, 2.24) is 0 Å². The lowest BCUT2D eigenvalue weighted by Gasteiger charge is -2.16. The number of benzene rings is 1. The molecule has 1 aromatic rings. The number of ketones is 1. The molecular formula is C18H24N2O5. The summed E-state index contributed by atoms with van der Waals surface area (Å²) in [5.41, 5.74) is 7.02. The van der Waals surface area contributed by atoms with Crippen molar-refractivity contribution in [1.29, 1.82) is 0 Å². The van der Waals surface area contributed by atoms with Gasteiger partial charge in [-0.2, -0.15) is 0 Å². The van der Waals surface area contributed by atoms with E-state index in [1.165, 1.54) is 0 Å². The van der Waals surface area contributed by atoms with Gasteiger partial charge in [0.15, 0.2) is 0 Å². The van der Waals surface area contributed by atoms with E-state index in [0.717, 1.165) is 17.6 Å². The molecule has 7 heteroatoms. The smallest absolute Gasteiger partial charge is 0.409 e. The van der Waals surface area contributed by atoms with Crippen molar-refractivity contribution in [3.63, 3.8) is 0 Å². The lowest BCUT2D eigenvalue weighted by atomic mass is 9.93. The fourth-order valence-electron chi connectivity index (χ4n) is 2.17. The number of primary amides is 1. The third kappa shape index (κ3) is 8.55. The van der Waals surface area contributed by atoms with Crippen LogP contribution in [0.4, 0.5) is 15.3 Å². The van der Waals surface area contributed by atoms with Crippen LogP contribution in [0.1, 0.15) is 45.6 Å². The van der Waals surface area contributed by atoms with Gasteiger partial charge in [0.1, 0.15) is 11.4 Å². The molecular weight excluding hydrogens is 324 g/mol. The molecule has 2 amide bonds. The van der Waals surface area contributed by atoms with Crippen molar-refractivity contribution in [3.8, 4) is 0 Å². The fourth-order valence-corrected chi connectivity index (χ4v) is 2.17. The van der Waals surface area contributed by atoms with Crippen molar-refractivity contribution >= 4 is 29.2 Å². The summed E-state index contributed by atoms with van der Waals surface area (Å²) in [6, 6.07) is 7.18. The maximum Gasteiger partial charge on any atom is 0.409 e. The van der Waals surface area contributed by atoms with Crippen LogP contribution in [0.3, 0.4) is 0 Å². The number of anilines is 1.